The van der Waals surface area contributed by atoms with Gasteiger partial charge in [-0.15, -0.1) is 0 Å². The highest BCUT2D eigenvalue weighted by atomic mass is 15.5. The fourth-order valence-electron chi connectivity index (χ4n) is 8.47. The van der Waals surface area contributed by atoms with Crippen molar-refractivity contribution in [2.45, 2.75) is 18.2 Å². The highest BCUT2D eigenvalue weighted by Crippen LogP contribution is 2.64. The lowest BCUT2D eigenvalue weighted by molar-refractivity contribution is 0.328. The average molecular weight is 595 g/mol. The molecule has 0 aliphatic carbocycles. The van der Waals surface area contributed by atoms with Crippen LogP contribution in [-0.2, 0) is 0 Å². The molecule has 6 heteroatoms. The molecule has 2 aromatic heterocycles. The number of nitrogens with zero attached hydrogens (tertiary/aromatic N) is 6. The van der Waals surface area contributed by atoms with E-state index in [0.717, 1.165) is 51.2 Å². The van der Waals surface area contributed by atoms with E-state index in [9.17, 15) is 0 Å². The van der Waals surface area contributed by atoms with Crippen LogP contribution in [0.5, 0.6) is 0 Å². The molecule has 6 nitrogen and oxygen atoms in total. The molecule has 220 valence electrons. The maximum absolute atomic E-state index is 5.08. The lowest BCUT2D eigenvalue weighted by atomic mass is 9.72. The Labute approximate surface area is 268 Å². The summed E-state index contributed by atoms with van der Waals surface area (Å²) in [6.45, 7) is 4.92. The van der Waals surface area contributed by atoms with Gasteiger partial charge in [-0.3, -0.25) is 0 Å². The minimum atomic E-state index is -0.126. The van der Waals surface area contributed by atoms with E-state index in [1.165, 1.54) is 11.3 Å². The molecule has 4 atom stereocenters. The van der Waals surface area contributed by atoms with E-state index in [1.807, 2.05) is 12.4 Å². The largest absolute Gasteiger partial charge is 0.316 e. The van der Waals surface area contributed by atoms with Crippen LogP contribution in [0.4, 0.5) is 45.8 Å². The fourth-order valence-corrected chi connectivity index (χ4v) is 8.47. The van der Waals surface area contributed by atoms with Gasteiger partial charge in [-0.25, -0.2) is 9.97 Å². The SMILES string of the molecule is C=C1c2ccccc2N2c3ncccc3N(c3ccccc3)C2C2C1c1ccccc1N1c3cccnc3N(c3ccccc3)C21. The molecule has 0 saturated carbocycles. The molecule has 4 aliphatic heterocycles. The van der Waals surface area contributed by atoms with Crippen LogP contribution in [0.1, 0.15) is 17.0 Å². The highest BCUT2D eigenvalue weighted by molar-refractivity contribution is 5.96. The zero-order valence-electron chi connectivity index (χ0n) is 25.1. The summed E-state index contributed by atoms with van der Waals surface area (Å²) in [6.07, 6.45) is 3.60. The van der Waals surface area contributed by atoms with Crippen molar-refractivity contribution in [1.29, 1.82) is 0 Å². The Kier molecular flexibility index (Phi) is 5.29. The molecule has 0 radical (unpaired) electrons. The maximum atomic E-state index is 5.08. The summed E-state index contributed by atoms with van der Waals surface area (Å²) in [5.74, 6) is 1.93. The zero-order valence-corrected chi connectivity index (χ0v) is 25.1. The quantitative estimate of drug-likeness (QED) is 0.199. The van der Waals surface area contributed by atoms with Crippen molar-refractivity contribution < 1.29 is 0 Å². The molecule has 0 amide bonds. The zero-order chi connectivity index (χ0) is 30.4. The van der Waals surface area contributed by atoms with E-state index < -0.39 is 0 Å². The minimum Gasteiger partial charge on any atom is -0.316 e. The summed E-state index contributed by atoms with van der Waals surface area (Å²) in [4.78, 5) is 20.1. The number of pyridine rings is 2. The third kappa shape index (κ3) is 3.30. The Morgan fingerprint density at radius 2 is 0.978 bits per heavy atom. The van der Waals surface area contributed by atoms with Crippen LogP contribution in [0.3, 0.4) is 0 Å². The second-order valence-electron chi connectivity index (χ2n) is 12.3. The minimum absolute atomic E-state index is 0.00128. The number of para-hydroxylation sites is 4. The van der Waals surface area contributed by atoms with E-state index >= 15 is 0 Å². The first-order chi connectivity index (χ1) is 22.8. The van der Waals surface area contributed by atoms with Gasteiger partial charge in [0.05, 0.1) is 17.1 Å². The van der Waals surface area contributed by atoms with Gasteiger partial charge in [-0.1, -0.05) is 79.4 Å². The normalized spacial score (nSPS) is 21.8. The number of rotatable bonds is 2. The Bertz CT molecular complexity index is 2150. The van der Waals surface area contributed by atoms with Crippen LogP contribution >= 0.6 is 0 Å². The number of hydrogen-bond donors (Lipinski definition) is 0. The summed E-state index contributed by atoms with van der Waals surface area (Å²) in [5.41, 5.74) is 10.4. The molecule has 4 aliphatic rings. The number of aromatic nitrogens is 2. The Morgan fingerprint density at radius 1 is 0.457 bits per heavy atom. The number of benzene rings is 4. The van der Waals surface area contributed by atoms with Gasteiger partial charge in [0.25, 0.3) is 0 Å². The van der Waals surface area contributed by atoms with Crippen LogP contribution < -0.4 is 19.6 Å². The van der Waals surface area contributed by atoms with Gasteiger partial charge in [0, 0.05) is 46.9 Å². The predicted octanol–water partition coefficient (Wildman–Crippen LogP) is 9.15. The molecule has 4 aromatic carbocycles. The smallest absolute Gasteiger partial charge is 0.158 e. The third-order valence-electron chi connectivity index (χ3n) is 10.1. The van der Waals surface area contributed by atoms with Crippen molar-refractivity contribution in [3.63, 3.8) is 0 Å². The lowest BCUT2D eigenvalue weighted by Gasteiger charge is -2.51. The van der Waals surface area contributed by atoms with Gasteiger partial charge >= 0.3 is 0 Å². The van der Waals surface area contributed by atoms with Crippen molar-refractivity contribution >= 4 is 51.3 Å². The van der Waals surface area contributed by atoms with E-state index in [-0.39, 0.29) is 24.2 Å². The Balaban J connectivity index is 1.33. The van der Waals surface area contributed by atoms with Gasteiger partial charge in [0.15, 0.2) is 11.6 Å². The summed E-state index contributed by atoms with van der Waals surface area (Å²) in [7, 11) is 0. The average Bonchev–Trinajstić information content (AvgIpc) is 3.62. The molecular weight excluding hydrogens is 564 g/mol. The number of allylic oxidation sites excluding steroid dienone is 1. The van der Waals surface area contributed by atoms with Gasteiger partial charge in [-0.05, 0) is 71.8 Å². The van der Waals surface area contributed by atoms with Crippen molar-refractivity contribution in [2.75, 3.05) is 19.6 Å². The molecular formula is C40H30N6. The molecule has 10 rings (SSSR count). The van der Waals surface area contributed by atoms with Crippen molar-refractivity contribution in [3.05, 3.63) is 164 Å². The van der Waals surface area contributed by atoms with Gasteiger partial charge in [-0.2, -0.15) is 0 Å². The molecule has 0 N–H and O–H groups in total. The van der Waals surface area contributed by atoms with Crippen LogP contribution in [0.15, 0.2) is 152 Å². The van der Waals surface area contributed by atoms with Gasteiger partial charge < -0.3 is 19.6 Å². The van der Waals surface area contributed by atoms with Crippen LogP contribution in [0, 0.1) is 5.92 Å². The molecule has 6 heterocycles. The van der Waals surface area contributed by atoms with E-state index in [1.54, 1.807) is 0 Å². The first-order valence-corrected chi connectivity index (χ1v) is 15.9. The maximum Gasteiger partial charge on any atom is 0.158 e. The number of fused-ring (bicyclic) bond motifs is 14. The Hall–Kier alpha value is -5.88. The Morgan fingerprint density at radius 3 is 1.70 bits per heavy atom. The monoisotopic (exact) mass is 594 g/mol. The first-order valence-electron chi connectivity index (χ1n) is 15.9. The standard InChI is InChI=1S/C40H30N6/c1-26-29-18-8-10-20-31(29)46-38-33(22-12-25-42-38)43(27-14-4-2-5-15-27)39(46)36-35(26)30-19-9-11-21-32(30)45-34-23-13-24-41-37(34)44(40(36)45)28-16-6-3-7-17-28/h2-25,35-36,39-40H,1H2. The lowest BCUT2D eigenvalue weighted by Crippen LogP contribution is -2.59. The summed E-state index contributed by atoms with van der Waals surface area (Å²) < 4.78 is 0. The highest BCUT2D eigenvalue weighted by Gasteiger charge is 2.59. The number of anilines is 8. The van der Waals surface area contributed by atoms with Crippen LogP contribution in [-0.4, -0.2) is 22.3 Å². The third-order valence-corrected chi connectivity index (χ3v) is 10.1. The first kappa shape index (κ1) is 25.4. The molecule has 0 saturated heterocycles. The van der Waals surface area contributed by atoms with Crippen molar-refractivity contribution in [2.24, 2.45) is 5.92 Å². The van der Waals surface area contributed by atoms with Crippen molar-refractivity contribution in [3.8, 4) is 0 Å². The van der Waals surface area contributed by atoms with Crippen molar-refractivity contribution in [1.82, 2.24) is 9.97 Å². The van der Waals surface area contributed by atoms with E-state index in [2.05, 4.69) is 153 Å². The van der Waals surface area contributed by atoms with Gasteiger partial charge in [0.1, 0.15) is 12.3 Å². The molecule has 0 bridgehead atoms. The van der Waals surface area contributed by atoms with E-state index in [0.29, 0.717) is 0 Å². The summed E-state index contributed by atoms with van der Waals surface area (Å²) in [6, 6.07) is 47.7. The summed E-state index contributed by atoms with van der Waals surface area (Å²) in [5, 5.41) is 0. The molecule has 0 fully saturated rings. The van der Waals surface area contributed by atoms with Crippen LogP contribution in [0.2, 0.25) is 0 Å². The van der Waals surface area contributed by atoms with E-state index in [4.69, 9.17) is 16.5 Å². The molecule has 6 aromatic rings. The van der Waals surface area contributed by atoms with Gasteiger partial charge in [0.2, 0.25) is 0 Å². The molecule has 4 unspecified atom stereocenters. The predicted molar refractivity (Wildman–Crippen MR) is 186 cm³/mol. The van der Waals surface area contributed by atoms with Crippen LogP contribution in [0.25, 0.3) is 5.57 Å². The summed E-state index contributed by atoms with van der Waals surface area (Å²) >= 11 is 0. The second kappa shape index (κ2) is 9.56. The molecule has 46 heavy (non-hydrogen) atoms. The molecule has 0 spiro atoms. The fraction of sp³-hybridized carbons (Fsp3) is 0.100. The second-order valence-corrected chi connectivity index (χ2v) is 12.3. The number of hydrogen-bond acceptors (Lipinski definition) is 6. The topological polar surface area (TPSA) is 38.7 Å².